The van der Waals surface area contributed by atoms with Crippen molar-refractivity contribution in [3.63, 3.8) is 0 Å². The lowest BCUT2D eigenvalue weighted by molar-refractivity contribution is -0.151. The van der Waals surface area contributed by atoms with Gasteiger partial charge in [0.15, 0.2) is 6.61 Å². The van der Waals surface area contributed by atoms with Gasteiger partial charge in [0, 0.05) is 13.5 Å². The number of ether oxygens (including phenoxy) is 1. The van der Waals surface area contributed by atoms with E-state index in [0.29, 0.717) is 12.2 Å². The molecule has 1 heterocycles. The Balaban J connectivity index is 1.63. The van der Waals surface area contributed by atoms with E-state index in [1.54, 1.807) is 12.1 Å². The number of nitrogens with one attached hydrogen (secondary N) is 1. The average Bonchev–Trinajstić information content (AvgIpc) is 3.17. The van der Waals surface area contributed by atoms with Crippen molar-refractivity contribution < 1.29 is 23.5 Å². The van der Waals surface area contributed by atoms with Gasteiger partial charge in [0.05, 0.1) is 19.4 Å². The number of amides is 2. The Hall–Kier alpha value is -3.09. The molecule has 0 aliphatic carbocycles. The number of carbonyl (C=O) groups excluding carboxylic acids is 3. The van der Waals surface area contributed by atoms with E-state index >= 15 is 0 Å². The predicted octanol–water partition coefficient (Wildman–Crippen LogP) is 1.53. The van der Waals surface area contributed by atoms with Crippen molar-refractivity contribution >= 4 is 17.8 Å². The zero-order valence-electron chi connectivity index (χ0n) is 14.6. The molecule has 1 N–H and O–H groups in total. The summed E-state index contributed by atoms with van der Waals surface area (Å²) in [6, 6.07) is 13.0. The van der Waals surface area contributed by atoms with E-state index < -0.39 is 11.9 Å². The lowest BCUT2D eigenvalue weighted by Crippen LogP contribution is -2.39. The second-order valence-corrected chi connectivity index (χ2v) is 5.75. The molecule has 26 heavy (non-hydrogen) atoms. The van der Waals surface area contributed by atoms with E-state index in [9.17, 15) is 14.4 Å². The van der Waals surface area contributed by atoms with Crippen LogP contribution in [0.2, 0.25) is 0 Å². The highest BCUT2D eigenvalue weighted by Gasteiger charge is 2.15. The fourth-order valence-electron chi connectivity index (χ4n) is 2.17. The van der Waals surface area contributed by atoms with E-state index in [1.807, 2.05) is 30.3 Å². The van der Waals surface area contributed by atoms with Crippen molar-refractivity contribution in [2.75, 3.05) is 20.2 Å². The molecule has 2 rings (SSSR count). The Morgan fingerprint density at radius 1 is 1.12 bits per heavy atom. The molecule has 0 aliphatic heterocycles. The number of rotatable bonds is 9. The molecular formula is C19H22N2O5. The van der Waals surface area contributed by atoms with Crippen molar-refractivity contribution in [2.45, 2.75) is 19.4 Å². The fourth-order valence-corrected chi connectivity index (χ4v) is 2.17. The van der Waals surface area contributed by atoms with E-state index in [4.69, 9.17) is 9.15 Å². The molecule has 0 saturated heterocycles. The van der Waals surface area contributed by atoms with Crippen molar-refractivity contribution in [1.29, 1.82) is 0 Å². The Morgan fingerprint density at radius 2 is 1.88 bits per heavy atom. The van der Waals surface area contributed by atoms with Crippen LogP contribution in [0.25, 0.3) is 0 Å². The number of carbonyl (C=O) groups is 3. The van der Waals surface area contributed by atoms with Crippen LogP contribution in [-0.4, -0.2) is 42.9 Å². The average molecular weight is 358 g/mol. The summed E-state index contributed by atoms with van der Waals surface area (Å²) in [5.74, 6) is -0.587. The lowest BCUT2D eigenvalue weighted by atomic mass is 10.1. The highest BCUT2D eigenvalue weighted by Crippen LogP contribution is 2.03. The Labute approximate surface area is 151 Å². The third kappa shape index (κ3) is 6.80. The number of aryl methyl sites for hydroxylation is 1. The highest BCUT2D eigenvalue weighted by atomic mass is 16.5. The first kappa shape index (κ1) is 19.2. The summed E-state index contributed by atoms with van der Waals surface area (Å²) in [7, 11) is 1.48. The van der Waals surface area contributed by atoms with Crippen LogP contribution in [0.15, 0.2) is 53.1 Å². The van der Waals surface area contributed by atoms with Gasteiger partial charge in [0.2, 0.25) is 5.91 Å². The number of hydrogen-bond acceptors (Lipinski definition) is 5. The van der Waals surface area contributed by atoms with Crippen LogP contribution < -0.4 is 5.32 Å². The Kier molecular flexibility index (Phi) is 7.42. The quantitative estimate of drug-likeness (QED) is 0.687. The fraction of sp³-hybridized carbons (Fsp3) is 0.316. The Morgan fingerprint density at radius 3 is 2.58 bits per heavy atom. The number of furan rings is 1. The molecular weight excluding hydrogens is 336 g/mol. The van der Waals surface area contributed by atoms with Gasteiger partial charge in [-0.1, -0.05) is 30.3 Å². The lowest BCUT2D eigenvalue weighted by Gasteiger charge is -2.16. The number of likely N-dealkylation sites (N-methyl/N-ethyl adjacent to an activating group) is 1. The van der Waals surface area contributed by atoms with Crippen LogP contribution in [0.3, 0.4) is 0 Å². The molecule has 1 aromatic heterocycles. The standard InChI is InChI=1S/C19H22N2O5/c1-21(13-17(22)20-12-16-8-5-11-25-16)18(23)14-26-19(24)10-9-15-6-3-2-4-7-15/h2-8,11H,9-10,12-14H2,1H3,(H,20,22). The summed E-state index contributed by atoms with van der Waals surface area (Å²) in [6.07, 6.45) is 2.27. The van der Waals surface area contributed by atoms with E-state index in [0.717, 1.165) is 5.56 Å². The van der Waals surface area contributed by atoms with Gasteiger partial charge in [-0.3, -0.25) is 14.4 Å². The van der Waals surface area contributed by atoms with Crippen molar-refractivity contribution in [3.05, 3.63) is 60.1 Å². The molecule has 1 aromatic carbocycles. The molecule has 0 unspecified atom stereocenters. The monoisotopic (exact) mass is 358 g/mol. The molecule has 0 aliphatic rings. The van der Waals surface area contributed by atoms with Crippen LogP contribution in [0, 0.1) is 0 Å². The van der Waals surface area contributed by atoms with E-state index in [-0.39, 0.29) is 32.0 Å². The van der Waals surface area contributed by atoms with Crippen LogP contribution in [-0.2, 0) is 32.1 Å². The summed E-state index contributed by atoms with van der Waals surface area (Å²) in [5.41, 5.74) is 1.03. The molecule has 2 aromatic rings. The van der Waals surface area contributed by atoms with E-state index in [2.05, 4.69) is 5.32 Å². The van der Waals surface area contributed by atoms with Crippen LogP contribution >= 0.6 is 0 Å². The first-order valence-electron chi connectivity index (χ1n) is 8.27. The molecule has 0 spiro atoms. The first-order chi connectivity index (χ1) is 12.5. The second-order valence-electron chi connectivity index (χ2n) is 5.75. The summed E-state index contributed by atoms with van der Waals surface area (Å²) in [6.45, 7) is -0.251. The summed E-state index contributed by atoms with van der Waals surface area (Å²) >= 11 is 0. The van der Waals surface area contributed by atoms with Gasteiger partial charge in [0.1, 0.15) is 5.76 Å². The molecule has 0 bridgehead atoms. The maximum absolute atomic E-state index is 11.9. The van der Waals surface area contributed by atoms with Gasteiger partial charge in [-0.05, 0) is 24.1 Å². The number of hydrogen-bond donors (Lipinski definition) is 1. The van der Waals surface area contributed by atoms with Gasteiger partial charge in [-0.15, -0.1) is 0 Å². The molecule has 138 valence electrons. The number of nitrogens with zero attached hydrogens (tertiary/aromatic N) is 1. The summed E-state index contributed by atoms with van der Waals surface area (Å²) < 4.78 is 10.1. The molecule has 0 fully saturated rings. The van der Waals surface area contributed by atoms with Crippen molar-refractivity contribution in [3.8, 4) is 0 Å². The smallest absolute Gasteiger partial charge is 0.306 e. The minimum atomic E-state index is -0.446. The molecule has 0 saturated carbocycles. The third-order valence-electron chi connectivity index (χ3n) is 3.66. The van der Waals surface area contributed by atoms with Crippen LogP contribution in [0.1, 0.15) is 17.7 Å². The normalized spacial score (nSPS) is 10.2. The zero-order valence-corrected chi connectivity index (χ0v) is 14.6. The van der Waals surface area contributed by atoms with Gasteiger partial charge in [-0.25, -0.2) is 0 Å². The summed E-state index contributed by atoms with van der Waals surface area (Å²) in [4.78, 5) is 36.7. The minimum Gasteiger partial charge on any atom is -0.467 e. The SMILES string of the molecule is CN(CC(=O)NCc1ccco1)C(=O)COC(=O)CCc1ccccc1. The predicted molar refractivity (Wildman–Crippen MR) is 93.9 cm³/mol. The third-order valence-corrected chi connectivity index (χ3v) is 3.66. The molecule has 0 radical (unpaired) electrons. The molecule has 7 nitrogen and oxygen atoms in total. The van der Waals surface area contributed by atoms with Gasteiger partial charge >= 0.3 is 5.97 Å². The maximum Gasteiger partial charge on any atom is 0.306 e. The maximum atomic E-state index is 11.9. The molecule has 0 atom stereocenters. The minimum absolute atomic E-state index is 0.124. The second kappa shape index (κ2) is 10.0. The van der Waals surface area contributed by atoms with Crippen molar-refractivity contribution in [1.82, 2.24) is 10.2 Å². The molecule has 7 heteroatoms. The van der Waals surface area contributed by atoms with Crippen LogP contribution in [0.5, 0.6) is 0 Å². The Bertz CT molecular complexity index is 713. The zero-order chi connectivity index (χ0) is 18.8. The highest BCUT2D eigenvalue weighted by molar-refractivity contribution is 5.86. The summed E-state index contributed by atoms with van der Waals surface area (Å²) in [5, 5.41) is 2.64. The van der Waals surface area contributed by atoms with Gasteiger partial charge in [0.25, 0.3) is 5.91 Å². The van der Waals surface area contributed by atoms with Gasteiger partial charge < -0.3 is 19.4 Å². The van der Waals surface area contributed by atoms with Crippen molar-refractivity contribution in [2.24, 2.45) is 0 Å². The molecule has 2 amide bonds. The van der Waals surface area contributed by atoms with Crippen LogP contribution in [0.4, 0.5) is 0 Å². The van der Waals surface area contributed by atoms with Gasteiger partial charge in [-0.2, -0.15) is 0 Å². The first-order valence-corrected chi connectivity index (χ1v) is 8.27. The van der Waals surface area contributed by atoms with E-state index in [1.165, 1.54) is 18.2 Å². The number of esters is 1. The topological polar surface area (TPSA) is 88.8 Å². The largest absolute Gasteiger partial charge is 0.467 e. The number of benzene rings is 1.